The number of carbonyl (C=O) groups excluding carboxylic acids is 1. The molecule has 1 amide bonds. The van der Waals surface area contributed by atoms with E-state index < -0.39 is 0 Å². The van der Waals surface area contributed by atoms with Gasteiger partial charge in [-0.25, -0.2) is 4.39 Å². The fraction of sp³-hybridized carbons (Fsp3) is 0.292. The van der Waals surface area contributed by atoms with Crippen molar-refractivity contribution in [3.05, 3.63) is 87.9 Å². The molecule has 4 rings (SSSR count). The Hall–Kier alpha value is -2.70. The van der Waals surface area contributed by atoms with Crippen LogP contribution in [0.15, 0.2) is 66.0 Å². The predicted octanol–water partition coefficient (Wildman–Crippen LogP) is 4.94. The standard InChI is InChI=1S/C24H24FNO3S/c25-20-6-2-5-19(15-20)24(9-11-28-12-10-24)17-26-23(27)18-4-1-7-21(14-18)29-16-22-8-3-13-30-22/h1-8,13-15H,9-12,16-17H2,(H,26,27). The van der Waals surface area contributed by atoms with Crippen molar-refractivity contribution in [2.45, 2.75) is 24.9 Å². The summed E-state index contributed by atoms with van der Waals surface area (Å²) in [5.41, 5.74) is 1.11. The molecule has 3 aromatic rings. The molecule has 0 bridgehead atoms. The molecule has 4 nitrogen and oxygen atoms in total. The van der Waals surface area contributed by atoms with Crippen LogP contribution >= 0.6 is 11.3 Å². The Bertz CT molecular complexity index is 984. The van der Waals surface area contributed by atoms with E-state index >= 15 is 0 Å². The van der Waals surface area contributed by atoms with Crippen molar-refractivity contribution >= 4 is 17.2 Å². The first kappa shape index (κ1) is 20.6. The van der Waals surface area contributed by atoms with Gasteiger partial charge in [-0.1, -0.05) is 24.3 Å². The first-order chi connectivity index (χ1) is 14.6. The SMILES string of the molecule is O=C(NCC1(c2cccc(F)c2)CCOCC1)c1cccc(OCc2cccs2)c1. The summed E-state index contributed by atoms with van der Waals surface area (Å²) in [6, 6.07) is 17.8. The van der Waals surface area contributed by atoms with Crippen LogP contribution in [0, 0.1) is 5.82 Å². The van der Waals surface area contributed by atoms with Crippen LogP contribution < -0.4 is 10.1 Å². The third kappa shape index (κ3) is 4.89. The van der Waals surface area contributed by atoms with E-state index in [-0.39, 0.29) is 17.1 Å². The zero-order valence-corrected chi connectivity index (χ0v) is 17.4. The molecule has 2 aromatic carbocycles. The summed E-state index contributed by atoms with van der Waals surface area (Å²) in [6.45, 7) is 2.10. The van der Waals surface area contributed by atoms with Crippen molar-refractivity contribution in [2.24, 2.45) is 0 Å². The van der Waals surface area contributed by atoms with Gasteiger partial charge in [-0.2, -0.15) is 0 Å². The monoisotopic (exact) mass is 425 g/mol. The highest BCUT2D eigenvalue weighted by Gasteiger charge is 2.35. The van der Waals surface area contributed by atoms with Gasteiger partial charge in [-0.15, -0.1) is 11.3 Å². The van der Waals surface area contributed by atoms with E-state index in [9.17, 15) is 9.18 Å². The number of hydrogen-bond donors (Lipinski definition) is 1. The number of thiophene rings is 1. The van der Waals surface area contributed by atoms with Gasteiger partial charge in [0, 0.05) is 35.6 Å². The molecule has 2 heterocycles. The van der Waals surface area contributed by atoms with Crippen LogP contribution in [0.25, 0.3) is 0 Å². The second-order valence-electron chi connectivity index (χ2n) is 7.48. The second kappa shape index (κ2) is 9.41. The smallest absolute Gasteiger partial charge is 0.251 e. The quantitative estimate of drug-likeness (QED) is 0.583. The number of rotatable bonds is 7. The summed E-state index contributed by atoms with van der Waals surface area (Å²) in [6.07, 6.45) is 1.47. The molecule has 0 radical (unpaired) electrons. The molecule has 1 aromatic heterocycles. The molecular weight excluding hydrogens is 401 g/mol. The largest absolute Gasteiger partial charge is 0.488 e. The van der Waals surface area contributed by atoms with Crippen LogP contribution in [0.2, 0.25) is 0 Å². The van der Waals surface area contributed by atoms with E-state index in [2.05, 4.69) is 5.32 Å². The fourth-order valence-electron chi connectivity index (χ4n) is 3.78. The molecule has 1 aliphatic rings. The Kier molecular flexibility index (Phi) is 6.45. The Labute approximate surface area is 179 Å². The summed E-state index contributed by atoms with van der Waals surface area (Å²) in [4.78, 5) is 14.0. The lowest BCUT2D eigenvalue weighted by molar-refractivity contribution is 0.0486. The highest BCUT2D eigenvalue weighted by Crippen LogP contribution is 2.34. The lowest BCUT2D eigenvalue weighted by atomic mass is 9.74. The van der Waals surface area contributed by atoms with Crippen molar-refractivity contribution in [1.29, 1.82) is 0 Å². The first-order valence-electron chi connectivity index (χ1n) is 10.0. The summed E-state index contributed by atoms with van der Waals surface area (Å²) in [5, 5.41) is 5.06. The molecule has 0 unspecified atom stereocenters. The van der Waals surface area contributed by atoms with Crippen LogP contribution in [0.5, 0.6) is 5.75 Å². The normalized spacial score (nSPS) is 15.5. The first-order valence-corrected chi connectivity index (χ1v) is 10.9. The third-order valence-electron chi connectivity index (χ3n) is 5.53. The van der Waals surface area contributed by atoms with Crippen LogP contribution in [-0.4, -0.2) is 25.7 Å². The number of hydrogen-bond acceptors (Lipinski definition) is 4. The van der Waals surface area contributed by atoms with E-state index in [4.69, 9.17) is 9.47 Å². The third-order valence-corrected chi connectivity index (χ3v) is 6.38. The number of amides is 1. The van der Waals surface area contributed by atoms with Crippen molar-refractivity contribution < 1.29 is 18.7 Å². The molecule has 6 heteroatoms. The Morgan fingerprint density at radius 2 is 1.93 bits per heavy atom. The second-order valence-corrected chi connectivity index (χ2v) is 8.51. The van der Waals surface area contributed by atoms with Gasteiger partial charge in [0.25, 0.3) is 5.91 Å². The summed E-state index contributed by atoms with van der Waals surface area (Å²) in [7, 11) is 0. The molecular formula is C24H24FNO3S. The van der Waals surface area contributed by atoms with Crippen LogP contribution in [0.3, 0.4) is 0 Å². The van der Waals surface area contributed by atoms with Gasteiger partial charge in [0.15, 0.2) is 0 Å². The maximum absolute atomic E-state index is 13.8. The zero-order valence-electron chi connectivity index (χ0n) is 16.6. The zero-order chi connectivity index (χ0) is 20.8. The van der Waals surface area contributed by atoms with Crippen LogP contribution in [0.4, 0.5) is 4.39 Å². The average molecular weight is 426 g/mol. The lowest BCUT2D eigenvalue weighted by Crippen LogP contribution is -2.44. The van der Waals surface area contributed by atoms with Gasteiger partial charge in [0.1, 0.15) is 18.2 Å². The van der Waals surface area contributed by atoms with E-state index in [0.29, 0.717) is 37.7 Å². The molecule has 156 valence electrons. The summed E-state index contributed by atoms with van der Waals surface area (Å²) < 4.78 is 25.2. The van der Waals surface area contributed by atoms with Crippen LogP contribution in [-0.2, 0) is 16.8 Å². The predicted molar refractivity (Wildman–Crippen MR) is 116 cm³/mol. The molecule has 1 aliphatic heterocycles. The van der Waals surface area contributed by atoms with Crippen molar-refractivity contribution in [3.63, 3.8) is 0 Å². The number of benzene rings is 2. The molecule has 1 fully saturated rings. The van der Waals surface area contributed by atoms with Gasteiger partial charge < -0.3 is 14.8 Å². The Morgan fingerprint density at radius 1 is 1.10 bits per heavy atom. The fourth-order valence-corrected chi connectivity index (χ4v) is 4.39. The van der Waals surface area contributed by atoms with Crippen LogP contribution in [0.1, 0.15) is 33.6 Å². The van der Waals surface area contributed by atoms with E-state index in [1.807, 2.05) is 35.7 Å². The van der Waals surface area contributed by atoms with E-state index in [0.717, 1.165) is 23.3 Å². The summed E-state index contributed by atoms with van der Waals surface area (Å²) >= 11 is 1.63. The van der Waals surface area contributed by atoms with Gasteiger partial charge in [-0.3, -0.25) is 4.79 Å². The van der Waals surface area contributed by atoms with Gasteiger partial charge in [0.05, 0.1) is 0 Å². The number of ether oxygens (including phenoxy) is 2. The Balaban J connectivity index is 1.44. The molecule has 1 saturated heterocycles. The maximum atomic E-state index is 13.8. The summed E-state index contributed by atoms with van der Waals surface area (Å²) in [5.74, 6) is 0.223. The average Bonchev–Trinajstić information content (AvgIpc) is 3.31. The number of carbonyl (C=O) groups is 1. The lowest BCUT2D eigenvalue weighted by Gasteiger charge is -2.38. The van der Waals surface area contributed by atoms with Crippen molar-refractivity contribution in [2.75, 3.05) is 19.8 Å². The molecule has 0 spiro atoms. The minimum Gasteiger partial charge on any atom is -0.488 e. The molecule has 0 aliphatic carbocycles. The highest BCUT2D eigenvalue weighted by molar-refractivity contribution is 7.09. The minimum atomic E-state index is -0.330. The van der Waals surface area contributed by atoms with Gasteiger partial charge >= 0.3 is 0 Å². The van der Waals surface area contributed by atoms with Crippen molar-refractivity contribution in [3.8, 4) is 5.75 Å². The maximum Gasteiger partial charge on any atom is 0.251 e. The highest BCUT2D eigenvalue weighted by atomic mass is 32.1. The van der Waals surface area contributed by atoms with Gasteiger partial charge in [-0.05, 0) is 60.2 Å². The van der Waals surface area contributed by atoms with E-state index in [1.54, 1.807) is 35.6 Å². The molecule has 1 N–H and O–H groups in total. The number of nitrogens with one attached hydrogen (secondary N) is 1. The minimum absolute atomic E-state index is 0.168. The van der Waals surface area contributed by atoms with E-state index in [1.165, 1.54) is 6.07 Å². The van der Waals surface area contributed by atoms with Gasteiger partial charge in [0.2, 0.25) is 0 Å². The molecule has 0 saturated carbocycles. The molecule has 0 atom stereocenters. The molecule has 30 heavy (non-hydrogen) atoms. The van der Waals surface area contributed by atoms with Crippen molar-refractivity contribution in [1.82, 2.24) is 5.32 Å². The topological polar surface area (TPSA) is 47.6 Å². The Morgan fingerprint density at radius 3 is 2.70 bits per heavy atom. The number of halogens is 1.